The van der Waals surface area contributed by atoms with E-state index in [9.17, 15) is 0 Å². The molecule has 0 radical (unpaired) electrons. The largest absolute Gasteiger partial charge is 0.0990 e. The molecule has 258 valence electrons. The van der Waals surface area contributed by atoms with Gasteiger partial charge in [-0.1, -0.05) is 189 Å². The number of rotatable bonds is 6. The molecule has 0 heteroatoms. The summed E-state index contributed by atoms with van der Waals surface area (Å²) in [4.78, 5) is 0. The van der Waals surface area contributed by atoms with Gasteiger partial charge < -0.3 is 0 Å². The standard InChI is InChI=1S/C55H38/c1-3-15-38(16-4-2)52-44-21-9-11-23-46(44)54(47-24-12-10-22-45(47)52)43-31-32-50-51(35-43)55(42-30-28-37-18-6-8-20-40(37)34-42)49-26-14-13-25-48(49)53(50)41-29-27-36-17-5-7-19-39(36)33-41/h3-35H,1H2,2H3/b16-4-,38-15+. The molecule has 55 heavy (non-hydrogen) atoms. The fourth-order valence-electron chi connectivity index (χ4n) is 8.92. The molecular weight excluding hydrogens is 661 g/mol. The van der Waals surface area contributed by atoms with Gasteiger partial charge in [0.1, 0.15) is 0 Å². The van der Waals surface area contributed by atoms with Gasteiger partial charge in [0.15, 0.2) is 0 Å². The van der Waals surface area contributed by atoms with E-state index in [1.165, 1.54) is 104 Å². The molecule has 0 spiro atoms. The van der Waals surface area contributed by atoms with Crippen LogP contribution in [0.15, 0.2) is 207 Å². The molecular formula is C55H38. The van der Waals surface area contributed by atoms with Gasteiger partial charge in [0.25, 0.3) is 0 Å². The number of hydrogen-bond donors (Lipinski definition) is 0. The van der Waals surface area contributed by atoms with Crippen LogP contribution >= 0.6 is 0 Å². The number of fused-ring (bicyclic) bond motifs is 6. The van der Waals surface area contributed by atoms with Crippen molar-refractivity contribution in [1.29, 1.82) is 0 Å². The topological polar surface area (TPSA) is 0 Å². The van der Waals surface area contributed by atoms with E-state index in [-0.39, 0.29) is 0 Å². The first-order chi connectivity index (χ1) is 27.2. The maximum absolute atomic E-state index is 4.07. The highest BCUT2D eigenvalue weighted by Gasteiger charge is 2.21. The average molecular weight is 699 g/mol. The first-order valence-electron chi connectivity index (χ1n) is 19.1. The molecule has 0 nitrogen and oxygen atoms in total. The van der Waals surface area contributed by atoms with Crippen molar-refractivity contribution in [1.82, 2.24) is 0 Å². The van der Waals surface area contributed by atoms with Gasteiger partial charge in [0.2, 0.25) is 0 Å². The number of benzene rings is 10. The second kappa shape index (κ2) is 13.4. The molecule has 0 bridgehead atoms. The van der Waals surface area contributed by atoms with Crippen molar-refractivity contribution < 1.29 is 0 Å². The zero-order valence-electron chi connectivity index (χ0n) is 30.8. The van der Waals surface area contributed by atoms with Gasteiger partial charge >= 0.3 is 0 Å². The van der Waals surface area contributed by atoms with Crippen LogP contribution in [0, 0.1) is 0 Å². The molecule has 0 saturated heterocycles. The van der Waals surface area contributed by atoms with Gasteiger partial charge in [-0.25, -0.2) is 0 Å². The summed E-state index contributed by atoms with van der Waals surface area (Å²) < 4.78 is 0. The van der Waals surface area contributed by atoms with E-state index < -0.39 is 0 Å². The third-order valence-corrected chi connectivity index (χ3v) is 11.3. The third kappa shape index (κ3) is 5.38. The van der Waals surface area contributed by atoms with Crippen molar-refractivity contribution in [2.24, 2.45) is 0 Å². The summed E-state index contributed by atoms with van der Waals surface area (Å²) in [6.45, 7) is 6.14. The van der Waals surface area contributed by atoms with Gasteiger partial charge in [0.05, 0.1) is 0 Å². The lowest BCUT2D eigenvalue weighted by atomic mass is 9.82. The zero-order chi connectivity index (χ0) is 36.9. The molecule has 0 atom stereocenters. The van der Waals surface area contributed by atoms with Crippen LogP contribution in [0.5, 0.6) is 0 Å². The monoisotopic (exact) mass is 698 g/mol. The molecule has 0 aromatic heterocycles. The van der Waals surface area contributed by atoms with E-state index in [0.717, 1.165) is 5.57 Å². The molecule has 0 unspecified atom stereocenters. The second-order valence-electron chi connectivity index (χ2n) is 14.4. The minimum atomic E-state index is 1.15. The molecule has 0 saturated carbocycles. The van der Waals surface area contributed by atoms with Crippen molar-refractivity contribution in [3.63, 3.8) is 0 Å². The Labute approximate surface area is 321 Å². The van der Waals surface area contributed by atoms with E-state index in [1.54, 1.807) is 0 Å². The lowest BCUT2D eigenvalue weighted by molar-refractivity contribution is 1.66. The Morgan fingerprint density at radius 3 is 1.25 bits per heavy atom. The maximum Gasteiger partial charge on any atom is -0.00259 e. The summed E-state index contributed by atoms with van der Waals surface area (Å²) in [6.07, 6.45) is 8.32. The Morgan fingerprint density at radius 2 is 0.764 bits per heavy atom. The molecule has 0 N–H and O–H groups in total. The normalized spacial score (nSPS) is 12.2. The minimum absolute atomic E-state index is 1.15. The van der Waals surface area contributed by atoms with Crippen LogP contribution in [-0.2, 0) is 0 Å². The van der Waals surface area contributed by atoms with Crippen molar-refractivity contribution in [3.8, 4) is 33.4 Å². The molecule has 0 aliphatic heterocycles. The van der Waals surface area contributed by atoms with E-state index >= 15 is 0 Å². The highest BCUT2D eigenvalue weighted by Crippen LogP contribution is 2.48. The number of allylic oxidation sites excluding steroid dienone is 5. The maximum atomic E-state index is 4.07. The van der Waals surface area contributed by atoms with Gasteiger partial charge in [-0.05, 0) is 134 Å². The summed E-state index contributed by atoms with van der Waals surface area (Å²) in [5, 5.41) is 14.9. The SMILES string of the molecule is C=C/C=C(\C=C/C)c1c2ccccc2c(-c2ccc3c(-c4ccc5ccccc5c4)c4ccccc4c(-c4ccc5ccccc5c4)c3c2)c2ccccc12. The summed E-state index contributed by atoms with van der Waals surface area (Å²) in [6, 6.07) is 65.2. The Morgan fingerprint density at radius 1 is 0.382 bits per heavy atom. The smallest absolute Gasteiger partial charge is 0.00259 e. The summed E-state index contributed by atoms with van der Waals surface area (Å²) >= 11 is 0. The van der Waals surface area contributed by atoms with Gasteiger partial charge in [-0.2, -0.15) is 0 Å². The molecule has 0 aliphatic rings. The molecule has 10 aromatic carbocycles. The fraction of sp³-hybridized carbons (Fsp3) is 0.0182. The highest BCUT2D eigenvalue weighted by molar-refractivity contribution is 6.24. The Hall–Kier alpha value is -7.02. The zero-order valence-corrected chi connectivity index (χ0v) is 30.8. The fourth-order valence-corrected chi connectivity index (χ4v) is 8.92. The van der Waals surface area contributed by atoms with E-state index in [0.29, 0.717) is 0 Å². The van der Waals surface area contributed by atoms with Crippen LogP contribution in [0.25, 0.3) is 104 Å². The highest BCUT2D eigenvalue weighted by atomic mass is 14.2. The molecule has 10 aromatic rings. The Kier molecular flexibility index (Phi) is 7.97. The van der Waals surface area contributed by atoms with E-state index in [1.807, 2.05) is 6.08 Å². The van der Waals surface area contributed by atoms with Gasteiger partial charge in [0, 0.05) is 0 Å². The van der Waals surface area contributed by atoms with Crippen LogP contribution < -0.4 is 0 Å². The molecule has 0 amide bonds. The first kappa shape index (κ1) is 32.6. The Bertz CT molecular complexity index is 3170. The molecule has 0 aliphatic carbocycles. The van der Waals surface area contributed by atoms with Crippen molar-refractivity contribution in [3.05, 3.63) is 212 Å². The molecule has 10 rings (SSSR count). The number of hydrogen-bond acceptors (Lipinski definition) is 0. The van der Waals surface area contributed by atoms with Crippen LogP contribution in [0.4, 0.5) is 0 Å². The Balaban J connectivity index is 1.35. The van der Waals surface area contributed by atoms with Crippen molar-refractivity contribution in [2.75, 3.05) is 0 Å². The quantitative estimate of drug-likeness (QED) is 0.120. The average Bonchev–Trinajstić information content (AvgIpc) is 3.24. The summed E-state index contributed by atoms with van der Waals surface area (Å²) in [5.74, 6) is 0. The van der Waals surface area contributed by atoms with Crippen LogP contribution in [0.2, 0.25) is 0 Å². The third-order valence-electron chi connectivity index (χ3n) is 11.3. The molecule has 0 heterocycles. The predicted octanol–water partition coefficient (Wildman–Crippen LogP) is 15.8. The van der Waals surface area contributed by atoms with Crippen molar-refractivity contribution >= 4 is 70.2 Å². The second-order valence-corrected chi connectivity index (χ2v) is 14.4. The molecule has 0 fully saturated rings. The summed E-state index contributed by atoms with van der Waals surface area (Å²) in [5.41, 5.74) is 9.81. The summed E-state index contributed by atoms with van der Waals surface area (Å²) in [7, 11) is 0. The lowest BCUT2D eigenvalue weighted by Gasteiger charge is -2.21. The van der Waals surface area contributed by atoms with Gasteiger partial charge in [-0.3, -0.25) is 0 Å². The lowest BCUT2D eigenvalue weighted by Crippen LogP contribution is -1.94. The predicted molar refractivity (Wildman–Crippen MR) is 241 cm³/mol. The van der Waals surface area contributed by atoms with E-state index in [2.05, 4.69) is 208 Å². The minimum Gasteiger partial charge on any atom is -0.0990 e. The van der Waals surface area contributed by atoms with Crippen LogP contribution in [0.1, 0.15) is 12.5 Å². The van der Waals surface area contributed by atoms with Gasteiger partial charge in [-0.15, -0.1) is 0 Å². The van der Waals surface area contributed by atoms with E-state index in [4.69, 9.17) is 0 Å². The first-order valence-corrected chi connectivity index (χ1v) is 19.1. The van der Waals surface area contributed by atoms with Crippen LogP contribution in [0.3, 0.4) is 0 Å². The van der Waals surface area contributed by atoms with Crippen molar-refractivity contribution in [2.45, 2.75) is 6.92 Å². The van der Waals surface area contributed by atoms with Crippen LogP contribution in [-0.4, -0.2) is 0 Å².